The minimum atomic E-state index is -3.66. The Bertz CT molecular complexity index is 1460. The van der Waals surface area contributed by atoms with E-state index >= 15 is 0 Å². The van der Waals surface area contributed by atoms with E-state index in [0.29, 0.717) is 35.7 Å². The number of nitrogens with zero attached hydrogens (tertiary/aromatic N) is 1. The van der Waals surface area contributed by atoms with Crippen molar-refractivity contribution in [2.45, 2.75) is 31.1 Å². The maximum Gasteiger partial charge on any atom is 0.339 e. The number of ether oxygens (including phenoxy) is 2. The van der Waals surface area contributed by atoms with Crippen LogP contribution in [-0.2, 0) is 24.3 Å². The number of carbonyl (C=O) groups excluding carboxylic acids is 2. The highest BCUT2D eigenvalue weighted by Gasteiger charge is 2.26. The molecular weight excluding hydrogens is 516 g/mol. The zero-order valence-electron chi connectivity index (χ0n) is 22.1. The molecule has 8 nitrogen and oxygen atoms in total. The van der Waals surface area contributed by atoms with Gasteiger partial charge in [0.15, 0.2) is 6.61 Å². The summed E-state index contributed by atoms with van der Waals surface area (Å²) < 4.78 is 38.3. The molecule has 1 aliphatic rings. The maximum atomic E-state index is 13.1. The van der Waals surface area contributed by atoms with Gasteiger partial charge in [-0.25, -0.2) is 13.2 Å². The van der Waals surface area contributed by atoms with Gasteiger partial charge < -0.3 is 14.8 Å². The summed E-state index contributed by atoms with van der Waals surface area (Å²) in [6.45, 7) is 2.20. The van der Waals surface area contributed by atoms with Gasteiger partial charge in [0, 0.05) is 18.8 Å². The van der Waals surface area contributed by atoms with Crippen LogP contribution >= 0.6 is 0 Å². The molecule has 3 aromatic rings. The predicted molar refractivity (Wildman–Crippen MR) is 151 cm³/mol. The summed E-state index contributed by atoms with van der Waals surface area (Å²) in [5, 5.41) is 2.69. The van der Waals surface area contributed by atoms with Crippen molar-refractivity contribution < 1.29 is 27.5 Å². The molecule has 1 aliphatic heterocycles. The van der Waals surface area contributed by atoms with Crippen LogP contribution in [0.1, 0.15) is 36.0 Å². The van der Waals surface area contributed by atoms with Crippen molar-refractivity contribution in [1.29, 1.82) is 0 Å². The molecule has 1 saturated heterocycles. The molecule has 0 spiro atoms. The van der Waals surface area contributed by atoms with E-state index < -0.39 is 28.5 Å². The summed E-state index contributed by atoms with van der Waals surface area (Å²) in [4.78, 5) is 26.0. The van der Waals surface area contributed by atoms with Crippen LogP contribution in [0.4, 0.5) is 5.69 Å². The Labute approximate surface area is 229 Å². The summed E-state index contributed by atoms with van der Waals surface area (Å²) in [6, 6.07) is 20.9. The van der Waals surface area contributed by atoms with Crippen molar-refractivity contribution in [1.82, 2.24) is 4.31 Å². The second-order valence-electron chi connectivity index (χ2n) is 9.27. The summed E-state index contributed by atoms with van der Waals surface area (Å²) in [5.74, 6) is -0.603. The number of hydrogen-bond donors (Lipinski definition) is 1. The highest BCUT2D eigenvalue weighted by Crippen LogP contribution is 2.26. The Kier molecular flexibility index (Phi) is 9.16. The van der Waals surface area contributed by atoms with Crippen LogP contribution in [-0.4, -0.2) is 51.4 Å². The first-order valence-corrected chi connectivity index (χ1v) is 14.2. The van der Waals surface area contributed by atoms with Crippen molar-refractivity contribution in [3.05, 3.63) is 89.5 Å². The smallest absolute Gasteiger partial charge is 0.339 e. The third-order valence-corrected chi connectivity index (χ3v) is 8.37. The number of sulfonamides is 1. The van der Waals surface area contributed by atoms with Crippen LogP contribution < -0.4 is 10.1 Å². The van der Waals surface area contributed by atoms with Gasteiger partial charge in [-0.2, -0.15) is 4.31 Å². The number of esters is 1. The fraction of sp³-hybridized carbons (Fsp3) is 0.267. The van der Waals surface area contributed by atoms with Crippen LogP contribution in [0, 0.1) is 6.92 Å². The molecule has 0 bridgehead atoms. The molecule has 0 atom stereocenters. The Hall–Kier alpha value is -3.95. The molecule has 0 radical (unpaired) electrons. The molecule has 1 N–H and O–H groups in total. The van der Waals surface area contributed by atoms with Crippen LogP contribution in [0.2, 0.25) is 0 Å². The lowest BCUT2D eigenvalue weighted by atomic mass is 10.0. The van der Waals surface area contributed by atoms with Gasteiger partial charge in [0.25, 0.3) is 5.91 Å². The van der Waals surface area contributed by atoms with Crippen LogP contribution in [0.15, 0.2) is 77.7 Å². The summed E-state index contributed by atoms with van der Waals surface area (Å²) in [7, 11) is -2.10. The number of benzene rings is 3. The molecule has 3 aromatic carbocycles. The lowest BCUT2D eigenvalue weighted by Gasteiger charge is -2.26. The average molecular weight is 549 g/mol. The van der Waals surface area contributed by atoms with E-state index in [-0.39, 0.29) is 10.5 Å². The molecule has 1 amide bonds. The number of anilines is 1. The topological polar surface area (TPSA) is 102 Å². The maximum absolute atomic E-state index is 13.1. The molecule has 0 unspecified atom stereocenters. The third-order valence-electron chi connectivity index (χ3n) is 6.48. The number of nitrogens with one attached hydrogen (secondary N) is 1. The standard InChI is InChI=1S/C30H32N2O6S/c1-22-14-15-26(39(35,36)32-16-7-4-8-17-32)20-28(22)31-29(33)21-38-30(34)27(24-11-5-3-6-12-24)19-23-10-9-13-25(18-23)37-2/h3,5-6,9-15,18-20H,4,7-8,16-17,21H2,1-2H3,(H,31,33)/b27-19+. The Morgan fingerprint density at radius 1 is 0.949 bits per heavy atom. The molecule has 9 heteroatoms. The molecule has 39 heavy (non-hydrogen) atoms. The molecule has 0 aliphatic carbocycles. The zero-order chi connectivity index (χ0) is 27.8. The van der Waals surface area contributed by atoms with E-state index in [1.165, 1.54) is 10.4 Å². The van der Waals surface area contributed by atoms with Gasteiger partial charge >= 0.3 is 5.97 Å². The van der Waals surface area contributed by atoms with Gasteiger partial charge in [-0.15, -0.1) is 0 Å². The number of hydrogen-bond acceptors (Lipinski definition) is 6. The number of carbonyl (C=O) groups is 2. The van der Waals surface area contributed by atoms with Crippen molar-refractivity contribution in [2.75, 3.05) is 32.1 Å². The third kappa shape index (κ3) is 7.13. The monoisotopic (exact) mass is 548 g/mol. The second kappa shape index (κ2) is 12.7. The highest BCUT2D eigenvalue weighted by molar-refractivity contribution is 7.89. The zero-order valence-corrected chi connectivity index (χ0v) is 22.9. The quantitative estimate of drug-likeness (QED) is 0.232. The highest BCUT2D eigenvalue weighted by atomic mass is 32.2. The first-order chi connectivity index (χ1) is 18.8. The van der Waals surface area contributed by atoms with Crippen LogP contribution in [0.25, 0.3) is 11.6 Å². The van der Waals surface area contributed by atoms with Gasteiger partial charge in [0.1, 0.15) is 5.75 Å². The second-order valence-corrected chi connectivity index (χ2v) is 11.2. The summed E-state index contributed by atoms with van der Waals surface area (Å²) in [5.41, 5.74) is 2.69. The summed E-state index contributed by atoms with van der Waals surface area (Å²) >= 11 is 0. The van der Waals surface area contributed by atoms with Gasteiger partial charge in [0.05, 0.1) is 17.6 Å². The molecule has 0 aromatic heterocycles. The number of amides is 1. The van der Waals surface area contributed by atoms with E-state index in [9.17, 15) is 18.0 Å². The molecular formula is C30H32N2O6S. The SMILES string of the molecule is COc1cccc(/C=C(/C(=O)OCC(=O)Nc2cc(S(=O)(=O)N3CCCCC3)ccc2C)c2ccccc2)c1. The lowest BCUT2D eigenvalue weighted by molar-refractivity contribution is -0.141. The van der Waals surface area contributed by atoms with Gasteiger partial charge in [-0.3, -0.25) is 4.79 Å². The Balaban J connectivity index is 1.48. The largest absolute Gasteiger partial charge is 0.497 e. The van der Waals surface area contributed by atoms with E-state index in [1.807, 2.05) is 30.3 Å². The van der Waals surface area contributed by atoms with Crippen molar-refractivity contribution in [2.24, 2.45) is 0 Å². The molecule has 4 rings (SSSR count). The van der Waals surface area contributed by atoms with Crippen LogP contribution in [0.3, 0.4) is 0 Å². The molecule has 0 saturated carbocycles. The molecule has 1 fully saturated rings. The lowest BCUT2D eigenvalue weighted by Crippen LogP contribution is -2.35. The van der Waals surface area contributed by atoms with Crippen molar-refractivity contribution in [3.8, 4) is 5.75 Å². The fourth-order valence-corrected chi connectivity index (χ4v) is 5.87. The Morgan fingerprint density at radius 3 is 2.41 bits per heavy atom. The van der Waals surface area contributed by atoms with E-state index in [2.05, 4.69) is 5.32 Å². The first kappa shape index (κ1) is 28.1. The fourth-order valence-electron chi connectivity index (χ4n) is 4.32. The van der Waals surface area contributed by atoms with E-state index in [4.69, 9.17) is 9.47 Å². The van der Waals surface area contributed by atoms with Crippen molar-refractivity contribution in [3.63, 3.8) is 0 Å². The number of piperidine rings is 1. The number of rotatable bonds is 9. The first-order valence-electron chi connectivity index (χ1n) is 12.8. The Morgan fingerprint density at radius 2 is 1.69 bits per heavy atom. The number of methoxy groups -OCH3 is 1. The van der Waals surface area contributed by atoms with Gasteiger partial charge in [-0.05, 0) is 66.8 Å². The average Bonchev–Trinajstić information content (AvgIpc) is 2.96. The molecule has 1 heterocycles. The normalized spacial score (nSPS) is 14.5. The minimum absolute atomic E-state index is 0.120. The minimum Gasteiger partial charge on any atom is -0.497 e. The van der Waals surface area contributed by atoms with E-state index in [1.54, 1.807) is 56.5 Å². The van der Waals surface area contributed by atoms with Crippen molar-refractivity contribution >= 4 is 39.2 Å². The predicted octanol–water partition coefficient (Wildman–Crippen LogP) is 4.90. The van der Waals surface area contributed by atoms with Gasteiger partial charge in [-0.1, -0.05) is 55.0 Å². The summed E-state index contributed by atoms with van der Waals surface area (Å²) in [6.07, 6.45) is 4.35. The molecule has 204 valence electrons. The van der Waals surface area contributed by atoms with Gasteiger partial charge in [0.2, 0.25) is 10.0 Å². The van der Waals surface area contributed by atoms with Crippen LogP contribution in [0.5, 0.6) is 5.75 Å². The van der Waals surface area contributed by atoms with E-state index in [0.717, 1.165) is 24.8 Å². The number of aryl methyl sites for hydroxylation is 1.